The van der Waals surface area contributed by atoms with Crippen molar-refractivity contribution in [3.05, 3.63) is 58.9 Å². The third kappa shape index (κ3) is 2.66. The highest BCUT2D eigenvalue weighted by atomic mass is 32.1. The number of amides is 1. The van der Waals surface area contributed by atoms with Crippen molar-refractivity contribution in [2.24, 2.45) is 7.05 Å². The predicted octanol–water partition coefficient (Wildman–Crippen LogP) is 4.13. The second-order valence-electron chi connectivity index (χ2n) is 6.53. The van der Waals surface area contributed by atoms with Gasteiger partial charge in [-0.2, -0.15) is 5.10 Å². The van der Waals surface area contributed by atoms with E-state index in [1.54, 1.807) is 22.5 Å². The Labute approximate surface area is 164 Å². The zero-order valence-electron chi connectivity index (χ0n) is 15.2. The number of fused-ring (bicyclic) bond motifs is 2. The van der Waals surface area contributed by atoms with Crippen molar-refractivity contribution in [2.75, 3.05) is 5.32 Å². The van der Waals surface area contributed by atoms with Crippen LogP contribution in [0.5, 0.6) is 0 Å². The molecule has 0 atom stereocenters. The molecule has 0 unspecified atom stereocenters. The topological polar surface area (TPSA) is 88.5 Å². The van der Waals surface area contributed by atoms with E-state index in [0.29, 0.717) is 11.4 Å². The van der Waals surface area contributed by atoms with Gasteiger partial charge in [0, 0.05) is 35.6 Å². The summed E-state index contributed by atoms with van der Waals surface area (Å²) >= 11 is 1.45. The van der Waals surface area contributed by atoms with Crippen LogP contribution in [-0.4, -0.2) is 30.6 Å². The molecule has 0 aliphatic rings. The first-order valence-electron chi connectivity index (χ1n) is 8.72. The highest BCUT2D eigenvalue weighted by Crippen LogP contribution is 2.34. The molecule has 5 aromatic rings. The monoisotopic (exact) mass is 388 g/mol. The third-order valence-corrected chi connectivity index (χ3v) is 5.51. The summed E-state index contributed by atoms with van der Waals surface area (Å²) in [5.74, 6) is -0.229. The summed E-state index contributed by atoms with van der Waals surface area (Å²) in [5, 5.41) is 11.9. The minimum atomic E-state index is -0.229. The normalized spacial score (nSPS) is 11.4. The zero-order valence-corrected chi connectivity index (χ0v) is 16.0. The molecule has 28 heavy (non-hydrogen) atoms. The molecule has 4 heterocycles. The Bertz CT molecular complexity index is 1350. The van der Waals surface area contributed by atoms with Crippen LogP contribution >= 0.6 is 11.3 Å². The Kier molecular flexibility index (Phi) is 3.73. The van der Waals surface area contributed by atoms with Crippen molar-refractivity contribution in [3.63, 3.8) is 0 Å². The van der Waals surface area contributed by atoms with Crippen LogP contribution in [0.4, 0.5) is 5.69 Å². The van der Waals surface area contributed by atoms with Gasteiger partial charge in [-0.25, -0.2) is 9.97 Å². The number of pyridine rings is 1. The van der Waals surface area contributed by atoms with Gasteiger partial charge in [-0.3, -0.25) is 9.48 Å². The molecule has 0 aliphatic carbocycles. The SMILES string of the molecule is Cc1nc(C(=O)Nc2cc(-c3ccnc4[nH]ccc34)cc3c2cnn3C)cs1. The lowest BCUT2D eigenvalue weighted by Crippen LogP contribution is -2.12. The molecule has 7 nitrogen and oxygen atoms in total. The summed E-state index contributed by atoms with van der Waals surface area (Å²) < 4.78 is 1.80. The van der Waals surface area contributed by atoms with E-state index in [1.165, 1.54) is 11.3 Å². The minimum Gasteiger partial charge on any atom is -0.346 e. The van der Waals surface area contributed by atoms with Gasteiger partial charge < -0.3 is 10.3 Å². The number of hydrogen-bond acceptors (Lipinski definition) is 5. The van der Waals surface area contributed by atoms with Gasteiger partial charge in [-0.1, -0.05) is 0 Å². The molecule has 0 fully saturated rings. The van der Waals surface area contributed by atoms with Gasteiger partial charge >= 0.3 is 0 Å². The van der Waals surface area contributed by atoms with Gasteiger partial charge in [0.15, 0.2) is 0 Å². The molecule has 1 aromatic carbocycles. The molecule has 0 aliphatic heterocycles. The van der Waals surface area contributed by atoms with E-state index in [-0.39, 0.29) is 5.91 Å². The number of aryl methyl sites for hydroxylation is 2. The van der Waals surface area contributed by atoms with Gasteiger partial charge in [0.1, 0.15) is 11.3 Å². The minimum absolute atomic E-state index is 0.229. The quantitative estimate of drug-likeness (QED) is 0.486. The smallest absolute Gasteiger partial charge is 0.275 e. The molecule has 0 saturated carbocycles. The highest BCUT2D eigenvalue weighted by Gasteiger charge is 2.16. The number of aromatic amines is 1. The van der Waals surface area contributed by atoms with Crippen molar-refractivity contribution in [2.45, 2.75) is 6.92 Å². The molecule has 0 spiro atoms. The standard InChI is InChI=1S/C20H16N6OS/c1-11-24-17(10-28-11)20(27)25-16-7-12(8-18-15(16)9-23-26(18)2)13-3-5-21-19-14(13)4-6-22-19/h3-10H,1-2H3,(H,21,22)(H,25,27). The molecule has 138 valence electrons. The average Bonchev–Trinajstić information content (AvgIpc) is 3.41. The summed E-state index contributed by atoms with van der Waals surface area (Å²) in [6.07, 6.45) is 5.41. The number of aromatic nitrogens is 5. The van der Waals surface area contributed by atoms with Crippen molar-refractivity contribution in [3.8, 4) is 11.1 Å². The molecular formula is C20H16N6OS. The molecular weight excluding hydrogens is 372 g/mol. The number of carbonyl (C=O) groups is 1. The second kappa shape index (κ2) is 6.28. The molecule has 0 radical (unpaired) electrons. The largest absolute Gasteiger partial charge is 0.346 e. The van der Waals surface area contributed by atoms with E-state index in [2.05, 4.69) is 31.4 Å². The van der Waals surface area contributed by atoms with Crippen LogP contribution in [-0.2, 0) is 7.05 Å². The number of carbonyl (C=O) groups excluding carboxylic acids is 1. The van der Waals surface area contributed by atoms with Crippen molar-refractivity contribution >= 4 is 44.9 Å². The van der Waals surface area contributed by atoms with E-state index in [0.717, 1.165) is 38.1 Å². The van der Waals surface area contributed by atoms with Gasteiger partial charge in [-0.05, 0) is 42.3 Å². The number of thiazole rings is 1. The average molecular weight is 388 g/mol. The first-order valence-corrected chi connectivity index (χ1v) is 9.60. The molecule has 0 saturated heterocycles. The Morgan fingerprint density at radius 2 is 2.14 bits per heavy atom. The van der Waals surface area contributed by atoms with Crippen LogP contribution in [0, 0.1) is 6.92 Å². The van der Waals surface area contributed by atoms with Gasteiger partial charge in [0.05, 0.1) is 22.4 Å². The molecule has 1 amide bonds. The third-order valence-electron chi connectivity index (χ3n) is 4.74. The van der Waals surface area contributed by atoms with E-state index < -0.39 is 0 Å². The first-order chi connectivity index (χ1) is 13.6. The predicted molar refractivity (Wildman–Crippen MR) is 111 cm³/mol. The summed E-state index contributed by atoms with van der Waals surface area (Å²) in [5.41, 5.74) is 4.90. The van der Waals surface area contributed by atoms with Crippen LogP contribution in [0.1, 0.15) is 15.5 Å². The summed E-state index contributed by atoms with van der Waals surface area (Å²) in [4.78, 5) is 24.5. The zero-order chi connectivity index (χ0) is 19.3. The Hall–Kier alpha value is -3.52. The van der Waals surface area contributed by atoms with Crippen LogP contribution in [0.2, 0.25) is 0 Å². The molecule has 2 N–H and O–H groups in total. The maximum atomic E-state index is 12.7. The number of anilines is 1. The number of benzene rings is 1. The molecule has 5 rings (SSSR count). The Morgan fingerprint density at radius 3 is 2.96 bits per heavy atom. The fourth-order valence-corrected chi connectivity index (χ4v) is 3.97. The van der Waals surface area contributed by atoms with Crippen molar-refractivity contribution in [1.82, 2.24) is 24.7 Å². The van der Waals surface area contributed by atoms with Gasteiger partial charge in [0.2, 0.25) is 0 Å². The van der Waals surface area contributed by atoms with Crippen molar-refractivity contribution in [1.29, 1.82) is 0 Å². The van der Waals surface area contributed by atoms with Gasteiger partial charge in [0.25, 0.3) is 5.91 Å². The number of hydrogen-bond donors (Lipinski definition) is 2. The Morgan fingerprint density at radius 1 is 1.25 bits per heavy atom. The Balaban J connectivity index is 1.66. The van der Waals surface area contributed by atoms with Crippen LogP contribution in [0.3, 0.4) is 0 Å². The summed E-state index contributed by atoms with van der Waals surface area (Å²) in [7, 11) is 1.89. The summed E-state index contributed by atoms with van der Waals surface area (Å²) in [6.45, 7) is 1.88. The fraction of sp³-hybridized carbons (Fsp3) is 0.100. The fourth-order valence-electron chi connectivity index (χ4n) is 3.37. The number of nitrogens with one attached hydrogen (secondary N) is 2. The number of rotatable bonds is 3. The lowest BCUT2D eigenvalue weighted by Gasteiger charge is -2.10. The van der Waals surface area contributed by atoms with Crippen molar-refractivity contribution < 1.29 is 4.79 Å². The van der Waals surface area contributed by atoms with E-state index in [9.17, 15) is 4.79 Å². The van der Waals surface area contributed by atoms with E-state index >= 15 is 0 Å². The molecule has 8 heteroatoms. The maximum Gasteiger partial charge on any atom is 0.275 e. The maximum absolute atomic E-state index is 12.7. The lowest BCUT2D eigenvalue weighted by atomic mass is 10.0. The van der Waals surface area contributed by atoms with Crippen LogP contribution in [0.15, 0.2) is 48.2 Å². The highest BCUT2D eigenvalue weighted by molar-refractivity contribution is 7.09. The molecule has 0 bridgehead atoms. The van der Waals surface area contributed by atoms with Gasteiger partial charge in [-0.15, -0.1) is 11.3 Å². The van der Waals surface area contributed by atoms with E-state index in [4.69, 9.17) is 0 Å². The number of H-pyrrole nitrogens is 1. The molecule has 4 aromatic heterocycles. The van der Waals surface area contributed by atoms with Crippen LogP contribution < -0.4 is 5.32 Å². The second-order valence-corrected chi connectivity index (χ2v) is 7.59. The van der Waals surface area contributed by atoms with Crippen LogP contribution in [0.25, 0.3) is 33.1 Å². The lowest BCUT2D eigenvalue weighted by molar-refractivity contribution is 0.102. The first kappa shape index (κ1) is 16.6. The van der Waals surface area contributed by atoms with E-state index in [1.807, 2.05) is 38.4 Å². The summed E-state index contributed by atoms with van der Waals surface area (Å²) in [6, 6.07) is 8.03. The number of nitrogens with zero attached hydrogens (tertiary/aromatic N) is 4.